The Hall–Kier alpha value is -3.79. The Labute approximate surface area is 246 Å². The van der Waals surface area contributed by atoms with Gasteiger partial charge in [0.25, 0.3) is 0 Å². The van der Waals surface area contributed by atoms with E-state index in [4.69, 9.17) is 16.6 Å². The summed E-state index contributed by atoms with van der Waals surface area (Å²) in [7, 11) is 8.98. The standard InChI is InChI=1S/C32H37N3O5S/c1-6-14-34(2,3)16-17-35(4,5)15-13-33-31(41)21-7-10-24(32(38)39)27(18-21)30-25-11-8-22(36)19-28(25)40-29-20-23(37)9-12-26(29)30/h7-12,18-20H,6,13-17H2,1-5H3,(H-2,33,36,37,38,39,41)/p+2. The van der Waals surface area contributed by atoms with E-state index in [1.165, 1.54) is 24.3 Å². The summed E-state index contributed by atoms with van der Waals surface area (Å²) < 4.78 is 7.78. The minimum absolute atomic E-state index is 0.00314. The number of hydrogen-bond acceptors (Lipinski definition) is 5. The van der Waals surface area contributed by atoms with Crippen LogP contribution in [0.4, 0.5) is 0 Å². The molecule has 1 aliphatic heterocycles. The number of quaternary nitrogens is 2. The number of rotatable bonds is 11. The molecule has 0 amide bonds. The Morgan fingerprint density at radius 2 is 1.61 bits per heavy atom. The first-order valence-electron chi connectivity index (χ1n) is 13.8. The smallest absolute Gasteiger partial charge is 0.336 e. The Balaban J connectivity index is 1.66. The van der Waals surface area contributed by atoms with Crippen LogP contribution in [0.5, 0.6) is 5.75 Å². The van der Waals surface area contributed by atoms with Gasteiger partial charge in [0.05, 0.1) is 53.4 Å². The number of hydrogen-bond donors (Lipinski definition) is 3. The lowest BCUT2D eigenvalue weighted by Gasteiger charge is -2.35. The fourth-order valence-electron chi connectivity index (χ4n) is 5.17. The van der Waals surface area contributed by atoms with Crippen LogP contribution >= 0.6 is 12.2 Å². The van der Waals surface area contributed by atoms with Crippen LogP contribution in [0.3, 0.4) is 0 Å². The summed E-state index contributed by atoms with van der Waals surface area (Å²) >= 11 is 5.75. The van der Waals surface area contributed by atoms with Crippen LogP contribution in [-0.2, 0) is 0 Å². The quantitative estimate of drug-likeness (QED) is 0.134. The lowest BCUT2D eigenvalue weighted by atomic mass is 9.89. The zero-order valence-electron chi connectivity index (χ0n) is 24.4. The number of carboxylic acids is 1. The van der Waals surface area contributed by atoms with E-state index >= 15 is 0 Å². The van der Waals surface area contributed by atoms with Gasteiger partial charge in [-0.2, -0.15) is 0 Å². The van der Waals surface area contributed by atoms with Crippen molar-refractivity contribution in [2.45, 2.75) is 13.3 Å². The van der Waals surface area contributed by atoms with Crippen LogP contribution in [0.2, 0.25) is 0 Å². The Kier molecular flexibility index (Phi) is 8.82. The molecule has 0 radical (unpaired) electrons. The summed E-state index contributed by atoms with van der Waals surface area (Å²) in [5.74, 6) is -0.791. The number of aromatic hydroxyl groups is 1. The predicted octanol–water partition coefficient (Wildman–Crippen LogP) is 4.80. The van der Waals surface area contributed by atoms with E-state index in [1.54, 1.807) is 30.3 Å². The third-order valence-corrected chi connectivity index (χ3v) is 7.98. The molecule has 0 saturated carbocycles. The lowest BCUT2D eigenvalue weighted by Crippen LogP contribution is -2.53. The van der Waals surface area contributed by atoms with Gasteiger partial charge >= 0.3 is 5.97 Å². The van der Waals surface area contributed by atoms with E-state index in [2.05, 4.69) is 40.4 Å². The highest BCUT2D eigenvalue weighted by Gasteiger charge is 2.24. The number of carboxylic acid groups (broad SMARTS) is 1. The summed E-state index contributed by atoms with van der Waals surface area (Å²) in [6, 6.07) is 14.1. The average Bonchev–Trinajstić information content (AvgIpc) is 2.90. The first-order chi connectivity index (χ1) is 19.3. The van der Waals surface area contributed by atoms with E-state index in [-0.39, 0.29) is 16.7 Å². The van der Waals surface area contributed by atoms with Gasteiger partial charge in [-0.1, -0.05) is 25.2 Å². The summed E-state index contributed by atoms with van der Waals surface area (Å²) in [6.07, 6.45) is 1.16. The number of phenolic OH excluding ortho intramolecular Hbond substituents is 1. The molecule has 0 spiro atoms. The predicted molar refractivity (Wildman–Crippen MR) is 167 cm³/mol. The number of aromatic carboxylic acids is 1. The lowest BCUT2D eigenvalue weighted by molar-refractivity contribution is -0.945. The summed E-state index contributed by atoms with van der Waals surface area (Å²) in [5, 5.41) is 24.1. The van der Waals surface area contributed by atoms with Gasteiger partial charge in [-0.05, 0) is 48.4 Å². The van der Waals surface area contributed by atoms with E-state index in [1.807, 2.05) is 0 Å². The molecule has 0 atom stereocenters. The number of nitrogens with one attached hydrogen (secondary N) is 1. The highest BCUT2D eigenvalue weighted by atomic mass is 32.1. The van der Waals surface area contributed by atoms with Gasteiger partial charge < -0.3 is 28.9 Å². The molecule has 1 heterocycles. The molecule has 0 aromatic heterocycles. The van der Waals surface area contributed by atoms with Gasteiger partial charge in [-0.15, -0.1) is 0 Å². The molecule has 9 heteroatoms. The van der Waals surface area contributed by atoms with E-state index in [9.17, 15) is 19.8 Å². The molecule has 41 heavy (non-hydrogen) atoms. The van der Waals surface area contributed by atoms with E-state index in [0.29, 0.717) is 50.5 Å². The van der Waals surface area contributed by atoms with Gasteiger partial charge in [0.1, 0.15) is 35.2 Å². The highest BCUT2D eigenvalue weighted by Crippen LogP contribution is 2.42. The van der Waals surface area contributed by atoms with Crippen molar-refractivity contribution in [3.05, 3.63) is 75.9 Å². The van der Waals surface area contributed by atoms with Gasteiger partial charge in [0.15, 0.2) is 5.43 Å². The second kappa shape index (κ2) is 12.0. The molecule has 2 aliphatic rings. The maximum atomic E-state index is 12.3. The molecule has 216 valence electrons. The number of phenols is 1. The van der Waals surface area contributed by atoms with Crippen LogP contribution in [0, 0.1) is 0 Å². The molecule has 8 nitrogen and oxygen atoms in total. The van der Waals surface area contributed by atoms with E-state index < -0.39 is 5.97 Å². The molecular formula is C32H39N3O5S+2. The first kappa shape index (κ1) is 30.2. The number of thiocarbonyl (C=S) groups is 1. The Morgan fingerprint density at radius 1 is 0.902 bits per heavy atom. The van der Waals surface area contributed by atoms with Gasteiger partial charge in [0, 0.05) is 34.2 Å². The van der Waals surface area contributed by atoms with Crippen LogP contribution in [0.15, 0.2) is 63.8 Å². The minimum Gasteiger partial charge on any atom is -0.508 e. The third kappa shape index (κ3) is 7.11. The van der Waals surface area contributed by atoms with Crippen molar-refractivity contribution in [1.29, 1.82) is 0 Å². The molecule has 0 unspecified atom stereocenters. The number of fused-ring (bicyclic) bond motifs is 2. The van der Waals surface area contributed by atoms with Gasteiger partial charge in [-0.3, -0.25) is 4.79 Å². The van der Waals surface area contributed by atoms with Crippen LogP contribution in [0.25, 0.3) is 33.4 Å². The van der Waals surface area contributed by atoms with Crippen molar-refractivity contribution in [3.63, 3.8) is 0 Å². The second-order valence-corrected chi connectivity index (χ2v) is 12.3. The third-order valence-electron chi connectivity index (χ3n) is 7.60. The number of carbonyl (C=O) groups is 1. The second-order valence-electron chi connectivity index (χ2n) is 11.9. The van der Waals surface area contributed by atoms with Crippen molar-refractivity contribution < 1.29 is 28.4 Å². The fraction of sp³-hybridized carbons (Fsp3) is 0.344. The van der Waals surface area contributed by atoms with Gasteiger partial charge in [0.2, 0.25) is 0 Å². The zero-order chi connectivity index (χ0) is 29.9. The monoisotopic (exact) mass is 577 g/mol. The van der Waals surface area contributed by atoms with Gasteiger partial charge in [-0.25, -0.2) is 4.79 Å². The molecule has 1 aliphatic carbocycles. The molecule has 0 fully saturated rings. The highest BCUT2D eigenvalue weighted by molar-refractivity contribution is 7.80. The van der Waals surface area contributed by atoms with Crippen molar-refractivity contribution in [3.8, 4) is 28.2 Å². The van der Waals surface area contributed by atoms with Crippen LogP contribution < -0.4 is 10.7 Å². The maximum absolute atomic E-state index is 12.3. The topological polar surface area (TPSA) is 99.8 Å². The molecular weight excluding hydrogens is 538 g/mol. The summed E-state index contributed by atoms with van der Waals surface area (Å²) in [6.45, 7) is 7.04. The maximum Gasteiger partial charge on any atom is 0.336 e. The van der Waals surface area contributed by atoms with Crippen molar-refractivity contribution in [1.82, 2.24) is 5.32 Å². The van der Waals surface area contributed by atoms with Crippen LogP contribution in [-0.4, -0.2) is 91.1 Å². The largest absolute Gasteiger partial charge is 0.508 e. The van der Waals surface area contributed by atoms with Crippen molar-refractivity contribution in [2.24, 2.45) is 0 Å². The zero-order valence-corrected chi connectivity index (χ0v) is 25.2. The SMILES string of the molecule is CCC[N+](C)(C)CC[N+](C)(C)CCNC(=S)c1ccc(C(=O)O)c(-c2c3ccc(=O)cc-3oc3cc(O)ccc23)c1. The van der Waals surface area contributed by atoms with Crippen molar-refractivity contribution in [2.75, 3.05) is 60.9 Å². The summed E-state index contributed by atoms with van der Waals surface area (Å²) in [5.41, 5.74) is 2.50. The molecule has 0 bridgehead atoms. The Bertz CT molecular complexity index is 1630. The normalized spacial score (nSPS) is 12.1. The number of likely N-dealkylation sites (N-methyl/N-ethyl adjacent to an activating group) is 2. The summed E-state index contributed by atoms with van der Waals surface area (Å²) in [4.78, 5) is 25.0. The Morgan fingerprint density at radius 3 is 2.29 bits per heavy atom. The fourth-order valence-corrected chi connectivity index (χ4v) is 5.40. The molecule has 2 aromatic carbocycles. The van der Waals surface area contributed by atoms with Crippen molar-refractivity contribution >= 4 is 34.1 Å². The number of benzene rings is 3. The molecule has 3 N–H and O–H groups in total. The average molecular weight is 578 g/mol. The van der Waals surface area contributed by atoms with E-state index in [0.717, 1.165) is 41.6 Å². The molecule has 0 saturated heterocycles. The molecule has 2 aromatic rings. The number of nitrogens with zero attached hydrogens (tertiary/aromatic N) is 2. The molecule has 4 rings (SSSR count). The minimum atomic E-state index is -1.09. The first-order valence-corrected chi connectivity index (χ1v) is 14.2. The van der Waals surface area contributed by atoms with Crippen LogP contribution in [0.1, 0.15) is 29.3 Å².